The molecule has 0 N–H and O–H groups in total. The van der Waals surface area contributed by atoms with Crippen LogP contribution in [0.3, 0.4) is 0 Å². The fourth-order valence-electron chi connectivity index (χ4n) is 4.11. The van der Waals surface area contributed by atoms with Gasteiger partial charge in [0.1, 0.15) is 11.5 Å². The summed E-state index contributed by atoms with van der Waals surface area (Å²) in [4.78, 5) is 18.1. The predicted octanol–water partition coefficient (Wildman–Crippen LogP) is 4.43. The maximum atomic E-state index is 14.4. The minimum Gasteiger partial charge on any atom is -0.331 e. The Labute approximate surface area is 173 Å². The number of halogens is 1. The molecule has 0 bridgehead atoms. The van der Waals surface area contributed by atoms with Crippen molar-refractivity contribution in [3.05, 3.63) is 85.1 Å². The topological polar surface area (TPSA) is 51.0 Å². The Bertz CT molecular complexity index is 1280. The average Bonchev–Trinajstić information content (AvgIpc) is 3.18. The molecule has 4 aromatic rings. The molecule has 0 radical (unpaired) electrons. The molecule has 30 heavy (non-hydrogen) atoms. The molecule has 0 saturated heterocycles. The van der Waals surface area contributed by atoms with Crippen LogP contribution in [-0.2, 0) is 17.9 Å². The minimum absolute atomic E-state index is 0.100. The lowest BCUT2D eigenvalue weighted by Gasteiger charge is -2.27. The third-order valence-corrected chi connectivity index (χ3v) is 5.56. The highest BCUT2D eigenvalue weighted by Crippen LogP contribution is 2.39. The summed E-state index contributed by atoms with van der Waals surface area (Å²) in [6.07, 6.45) is 4.81. The number of fused-ring (bicyclic) bond motifs is 2. The molecule has 0 unspecified atom stereocenters. The van der Waals surface area contributed by atoms with Gasteiger partial charge in [0.25, 0.3) is 0 Å². The molecule has 2 aromatic carbocycles. The lowest BCUT2D eigenvalue weighted by atomic mass is 9.95. The molecule has 0 atom stereocenters. The summed E-state index contributed by atoms with van der Waals surface area (Å²) in [5, 5.41) is 6.27. The standard InChI is InChI=1S/C24H19FN4O/c1-2-22(30)28-13-14-29-21(15-28)23(16-9-11-26-12-10-16)24(27-29)19-7-8-20(25)18-6-4-3-5-17(18)19/h2-12H,1,13-15H2. The van der Waals surface area contributed by atoms with Crippen LogP contribution in [0.5, 0.6) is 0 Å². The van der Waals surface area contributed by atoms with E-state index in [1.165, 1.54) is 12.1 Å². The zero-order valence-electron chi connectivity index (χ0n) is 16.3. The van der Waals surface area contributed by atoms with Gasteiger partial charge in [-0.1, -0.05) is 30.8 Å². The molecule has 5 nitrogen and oxygen atoms in total. The zero-order valence-corrected chi connectivity index (χ0v) is 16.3. The fraction of sp³-hybridized carbons (Fsp3) is 0.125. The number of aromatic nitrogens is 3. The second-order valence-corrected chi connectivity index (χ2v) is 7.23. The van der Waals surface area contributed by atoms with Crippen LogP contribution < -0.4 is 0 Å². The van der Waals surface area contributed by atoms with E-state index >= 15 is 0 Å². The highest BCUT2D eigenvalue weighted by atomic mass is 19.1. The van der Waals surface area contributed by atoms with E-state index < -0.39 is 0 Å². The Morgan fingerprint density at radius 2 is 1.80 bits per heavy atom. The van der Waals surface area contributed by atoms with Crippen LogP contribution in [0, 0.1) is 5.82 Å². The van der Waals surface area contributed by atoms with Crippen LogP contribution in [0.25, 0.3) is 33.2 Å². The van der Waals surface area contributed by atoms with Crippen LogP contribution in [0.15, 0.2) is 73.6 Å². The van der Waals surface area contributed by atoms with E-state index in [0.29, 0.717) is 25.0 Å². The summed E-state index contributed by atoms with van der Waals surface area (Å²) in [7, 11) is 0. The van der Waals surface area contributed by atoms with E-state index in [1.807, 2.05) is 35.0 Å². The Morgan fingerprint density at radius 1 is 1.03 bits per heavy atom. The number of carbonyl (C=O) groups is 1. The van der Waals surface area contributed by atoms with Gasteiger partial charge in [0, 0.05) is 35.5 Å². The molecular formula is C24H19FN4O. The van der Waals surface area contributed by atoms with Gasteiger partial charge < -0.3 is 4.90 Å². The first-order valence-corrected chi connectivity index (χ1v) is 9.76. The molecule has 0 aliphatic carbocycles. The fourth-order valence-corrected chi connectivity index (χ4v) is 4.11. The Morgan fingerprint density at radius 3 is 2.57 bits per heavy atom. The quantitative estimate of drug-likeness (QED) is 0.480. The van der Waals surface area contributed by atoms with Crippen molar-refractivity contribution in [1.82, 2.24) is 19.7 Å². The number of hydrogen-bond acceptors (Lipinski definition) is 3. The van der Waals surface area contributed by atoms with Crippen molar-refractivity contribution in [3.63, 3.8) is 0 Å². The van der Waals surface area contributed by atoms with Crippen LogP contribution in [0.1, 0.15) is 5.69 Å². The van der Waals surface area contributed by atoms with Gasteiger partial charge in [-0.3, -0.25) is 14.5 Å². The van der Waals surface area contributed by atoms with Crippen molar-refractivity contribution < 1.29 is 9.18 Å². The van der Waals surface area contributed by atoms with Crippen molar-refractivity contribution in [1.29, 1.82) is 0 Å². The number of pyridine rings is 1. The Hall–Kier alpha value is -3.80. The van der Waals surface area contributed by atoms with E-state index in [9.17, 15) is 9.18 Å². The molecule has 0 spiro atoms. The van der Waals surface area contributed by atoms with E-state index in [4.69, 9.17) is 5.10 Å². The zero-order chi connectivity index (χ0) is 20.7. The SMILES string of the molecule is C=CC(=O)N1CCn2nc(-c3ccc(F)c4ccccc34)c(-c3ccncc3)c2C1. The van der Waals surface area contributed by atoms with Gasteiger partial charge in [-0.15, -0.1) is 0 Å². The van der Waals surface area contributed by atoms with Gasteiger partial charge in [0.05, 0.1) is 18.8 Å². The molecule has 5 rings (SSSR count). The molecule has 0 saturated carbocycles. The van der Waals surface area contributed by atoms with Crippen LogP contribution in [0.4, 0.5) is 4.39 Å². The summed E-state index contributed by atoms with van der Waals surface area (Å²) in [5.74, 6) is -0.358. The second-order valence-electron chi connectivity index (χ2n) is 7.23. The first-order chi connectivity index (χ1) is 14.7. The molecule has 2 aromatic heterocycles. The molecule has 0 fully saturated rings. The van der Waals surface area contributed by atoms with Crippen molar-refractivity contribution in [3.8, 4) is 22.4 Å². The molecule has 6 heteroatoms. The van der Waals surface area contributed by atoms with E-state index in [-0.39, 0.29) is 11.7 Å². The van der Waals surface area contributed by atoms with Gasteiger partial charge in [-0.25, -0.2) is 4.39 Å². The highest BCUT2D eigenvalue weighted by molar-refractivity contribution is 6.00. The Kier molecular flexibility index (Phi) is 4.39. The highest BCUT2D eigenvalue weighted by Gasteiger charge is 2.28. The summed E-state index contributed by atoms with van der Waals surface area (Å²) in [6.45, 7) is 5.21. The van der Waals surface area contributed by atoms with Crippen LogP contribution in [-0.4, -0.2) is 32.1 Å². The minimum atomic E-state index is -0.258. The normalized spacial score (nSPS) is 13.3. The molecular weight excluding hydrogens is 379 g/mol. The van der Waals surface area contributed by atoms with Crippen molar-refractivity contribution in [2.24, 2.45) is 0 Å². The molecule has 3 heterocycles. The molecule has 1 amide bonds. The number of hydrogen-bond donors (Lipinski definition) is 0. The Balaban J connectivity index is 1.77. The summed E-state index contributed by atoms with van der Waals surface area (Å²) in [6, 6.07) is 14.6. The first kappa shape index (κ1) is 18.2. The van der Waals surface area contributed by atoms with Gasteiger partial charge in [0.2, 0.25) is 5.91 Å². The lowest BCUT2D eigenvalue weighted by Crippen LogP contribution is -2.37. The van der Waals surface area contributed by atoms with E-state index in [2.05, 4.69) is 11.6 Å². The van der Waals surface area contributed by atoms with Crippen molar-refractivity contribution in [2.75, 3.05) is 6.54 Å². The summed E-state index contributed by atoms with van der Waals surface area (Å²) >= 11 is 0. The average molecular weight is 398 g/mol. The van der Waals surface area contributed by atoms with Crippen LogP contribution >= 0.6 is 0 Å². The largest absolute Gasteiger partial charge is 0.331 e. The predicted molar refractivity (Wildman–Crippen MR) is 114 cm³/mol. The molecule has 148 valence electrons. The monoisotopic (exact) mass is 398 g/mol. The van der Waals surface area contributed by atoms with E-state index in [1.54, 1.807) is 29.4 Å². The number of nitrogens with zero attached hydrogens (tertiary/aromatic N) is 4. The molecule has 1 aliphatic heterocycles. The van der Waals surface area contributed by atoms with E-state index in [0.717, 1.165) is 33.5 Å². The molecule has 1 aliphatic rings. The third kappa shape index (κ3) is 2.88. The summed E-state index contributed by atoms with van der Waals surface area (Å²) < 4.78 is 16.4. The smallest absolute Gasteiger partial charge is 0.246 e. The second kappa shape index (κ2) is 7.22. The van der Waals surface area contributed by atoms with Crippen LogP contribution in [0.2, 0.25) is 0 Å². The number of benzene rings is 2. The number of carbonyl (C=O) groups excluding carboxylic acids is 1. The number of rotatable bonds is 3. The lowest BCUT2D eigenvalue weighted by molar-refractivity contribution is -0.127. The first-order valence-electron chi connectivity index (χ1n) is 9.76. The third-order valence-electron chi connectivity index (χ3n) is 5.56. The van der Waals surface area contributed by atoms with Gasteiger partial charge >= 0.3 is 0 Å². The summed E-state index contributed by atoms with van der Waals surface area (Å²) in [5.41, 5.74) is 4.49. The number of amides is 1. The maximum absolute atomic E-state index is 14.4. The maximum Gasteiger partial charge on any atom is 0.246 e. The van der Waals surface area contributed by atoms with Crippen molar-refractivity contribution >= 4 is 16.7 Å². The van der Waals surface area contributed by atoms with Gasteiger partial charge in [-0.2, -0.15) is 5.10 Å². The van der Waals surface area contributed by atoms with Gasteiger partial charge in [0.15, 0.2) is 0 Å². The van der Waals surface area contributed by atoms with Crippen molar-refractivity contribution in [2.45, 2.75) is 13.1 Å². The van der Waals surface area contributed by atoms with Gasteiger partial charge in [-0.05, 0) is 41.3 Å².